The Morgan fingerprint density at radius 1 is 1.33 bits per heavy atom. The summed E-state index contributed by atoms with van der Waals surface area (Å²) in [6.07, 6.45) is 4.93. The van der Waals surface area contributed by atoms with Crippen LogP contribution in [0.15, 0.2) is 36.8 Å². The predicted octanol–water partition coefficient (Wildman–Crippen LogP) is 1.96. The van der Waals surface area contributed by atoms with Gasteiger partial charge in [0, 0.05) is 55.6 Å². The van der Waals surface area contributed by atoms with Crippen molar-refractivity contribution in [2.24, 2.45) is 5.92 Å². The molecule has 3 rings (SSSR count). The van der Waals surface area contributed by atoms with E-state index in [1.54, 1.807) is 60.6 Å². The second-order valence-corrected chi connectivity index (χ2v) is 8.31. The van der Waals surface area contributed by atoms with E-state index in [0.717, 1.165) is 5.56 Å². The Bertz CT molecular complexity index is 1050. The number of nitrogens with zero attached hydrogens (tertiary/aromatic N) is 4. The van der Waals surface area contributed by atoms with Crippen LogP contribution in [0.1, 0.15) is 48.7 Å². The van der Waals surface area contributed by atoms with Gasteiger partial charge in [-0.2, -0.15) is 0 Å². The number of hydrogen-bond donors (Lipinski definition) is 1. The fourth-order valence-electron chi connectivity index (χ4n) is 3.61. The number of fused-ring (bicyclic) bond motifs is 1. The van der Waals surface area contributed by atoms with Crippen molar-refractivity contribution in [3.8, 4) is 17.7 Å². The Kier molecular flexibility index (Phi) is 8.01. The monoisotopic (exact) mass is 450 g/mol. The molecule has 3 heterocycles. The average molecular weight is 451 g/mol. The van der Waals surface area contributed by atoms with Crippen LogP contribution in [-0.2, 0) is 4.79 Å². The van der Waals surface area contributed by atoms with Gasteiger partial charge < -0.3 is 19.6 Å². The lowest BCUT2D eigenvalue weighted by atomic mass is 10.00. The Hall–Kier alpha value is -3.44. The first-order valence-corrected chi connectivity index (χ1v) is 11.1. The number of carbonyl (C=O) groups excluding carboxylic acids is 2. The molecule has 1 aliphatic heterocycles. The van der Waals surface area contributed by atoms with Gasteiger partial charge in [0.2, 0.25) is 11.8 Å². The highest BCUT2D eigenvalue weighted by atomic mass is 16.5. The Balaban J connectivity index is 1.98. The number of carbonyl (C=O) groups is 2. The van der Waals surface area contributed by atoms with E-state index in [9.17, 15) is 14.7 Å². The number of amides is 2. The molecule has 174 valence electrons. The predicted molar refractivity (Wildman–Crippen MR) is 124 cm³/mol. The first-order valence-electron chi connectivity index (χ1n) is 11.1. The standard InChI is InChI=1S/C25H30N4O4/c1-5-23(31)28(4)15-22-17(2)14-29(18(3)16-30)25(32)21-12-20(13-27-24(21)33-22)7-6-19-8-10-26-11-9-19/h8-13,17-18,22,30H,5,14-16H2,1-4H3/t17-,18+,22+/m1/s1. The van der Waals surface area contributed by atoms with Crippen molar-refractivity contribution in [3.05, 3.63) is 53.5 Å². The molecule has 2 amide bonds. The smallest absolute Gasteiger partial charge is 0.259 e. The summed E-state index contributed by atoms with van der Waals surface area (Å²) in [5.41, 5.74) is 1.66. The van der Waals surface area contributed by atoms with Crippen LogP contribution in [0, 0.1) is 17.8 Å². The molecule has 1 N–H and O–H groups in total. The molecule has 0 fully saturated rings. The summed E-state index contributed by atoms with van der Waals surface area (Å²) in [5.74, 6) is 5.93. The van der Waals surface area contributed by atoms with Crippen molar-refractivity contribution in [2.75, 3.05) is 26.7 Å². The van der Waals surface area contributed by atoms with Crippen LogP contribution < -0.4 is 4.74 Å². The molecule has 0 radical (unpaired) electrons. The molecule has 0 aliphatic carbocycles. The summed E-state index contributed by atoms with van der Waals surface area (Å²) in [6.45, 7) is 6.17. The van der Waals surface area contributed by atoms with Crippen LogP contribution >= 0.6 is 0 Å². The number of aromatic nitrogens is 2. The van der Waals surface area contributed by atoms with E-state index in [-0.39, 0.29) is 47.9 Å². The Morgan fingerprint density at radius 3 is 2.70 bits per heavy atom. The lowest BCUT2D eigenvalue weighted by Crippen LogP contribution is -2.50. The largest absolute Gasteiger partial charge is 0.472 e. The van der Waals surface area contributed by atoms with Crippen LogP contribution in [0.5, 0.6) is 5.88 Å². The van der Waals surface area contributed by atoms with Gasteiger partial charge in [-0.25, -0.2) is 4.98 Å². The van der Waals surface area contributed by atoms with Crippen LogP contribution in [0.2, 0.25) is 0 Å². The topological polar surface area (TPSA) is 95.9 Å². The van der Waals surface area contributed by atoms with Gasteiger partial charge in [-0.3, -0.25) is 14.6 Å². The summed E-state index contributed by atoms with van der Waals surface area (Å²) in [4.78, 5) is 37.2. The van der Waals surface area contributed by atoms with Gasteiger partial charge in [-0.05, 0) is 25.1 Å². The number of ether oxygens (including phenoxy) is 1. The molecule has 8 heteroatoms. The number of hydrogen-bond acceptors (Lipinski definition) is 6. The molecule has 0 saturated carbocycles. The zero-order chi connectivity index (χ0) is 24.0. The summed E-state index contributed by atoms with van der Waals surface area (Å²) in [7, 11) is 1.74. The molecule has 33 heavy (non-hydrogen) atoms. The molecule has 0 bridgehead atoms. The van der Waals surface area contributed by atoms with E-state index in [2.05, 4.69) is 21.8 Å². The summed E-state index contributed by atoms with van der Waals surface area (Å²) in [5, 5.41) is 9.76. The van der Waals surface area contributed by atoms with Gasteiger partial charge >= 0.3 is 0 Å². The third-order valence-corrected chi connectivity index (χ3v) is 5.73. The lowest BCUT2D eigenvalue weighted by Gasteiger charge is -2.37. The number of rotatable bonds is 5. The normalized spacial score (nSPS) is 18.7. The minimum Gasteiger partial charge on any atom is -0.472 e. The molecule has 0 aromatic carbocycles. The van der Waals surface area contributed by atoms with Crippen molar-refractivity contribution in [1.29, 1.82) is 0 Å². The maximum absolute atomic E-state index is 13.4. The Morgan fingerprint density at radius 2 is 2.03 bits per heavy atom. The first kappa shape index (κ1) is 24.2. The highest BCUT2D eigenvalue weighted by Gasteiger charge is 2.34. The highest BCUT2D eigenvalue weighted by molar-refractivity contribution is 5.97. The van der Waals surface area contributed by atoms with E-state index in [4.69, 9.17) is 4.74 Å². The fraction of sp³-hybridized carbons (Fsp3) is 0.440. The molecule has 0 saturated heterocycles. The van der Waals surface area contributed by atoms with E-state index in [1.807, 2.05) is 13.8 Å². The second-order valence-electron chi connectivity index (χ2n) is 8.31. The molecule has 0 spiro atoms. The molecule has 3 atom stereocenters. The maximum atomic E-state index is 13.4. The SMILES string of the molecule is CCC(=O)N(C)C[C@@H]1Oc2ncc(C#Cc3ccncc3)cc2C(=O)N([C@@H](C)CO)C[C@H]1C. The zero-order valence-corrected chi connectivity index (χ0v) is 19.5. The number of aliphatic hydroxyl groups is 1. The minimum absolute atomic E-state index is 0.0134. The average Bonchev–Trinajstić information content (AvgIpc) is 2.84. The Labute approximate surface area is 194 Å². The summed E-state index contributed by atoms with van der Waals surface area (Å²) < 4.78 is 6.19. The number of aliphatic hydroxyl groups excluding tert-OH is 1. The van der Waals surface area contributed by atoms with Gasteiger partial charge in [0.05, 0.1) is 19.2 Å². The van der Waals surface area contributed by atoms with Crippen molar-refractivity contribution in [3.63, 3.8) is 0 Å². The van der Waals surface area contributed by atoms with Crippen molar-refractivity contribution in [2.45, 2.75) is 39.3 Å². The summed E-state index contributed by atoms with van der Waals surface area (Å²) >= 11 is 0. The quantitative estimate of drug-likeness (QED) is 0.700. The van der Waals surface area contributed by atoms with Crippen molar-refractivity contribution in [1.82, 2.24) is 19.8 Å². The second kappa shape index (κ2) is 10.9. The molecule has 2 aromatic rings. The first-order chi connectivity index (χ1) is 15.8. The van der Waals surface area contributed by atoms with Crippen molar-refractivity contribution < 1.29 is 19.4 Å². The fourth-order valence-corrected chi connectivity index (χ4v) is 3.61. The van der Waals surface area contributed by atoms with Gasteiger partial charge in [-0.1, -0.05) is 25.7 Å². The highest BCUT2D eigenvalue weighted by Crippen LogP contribution is 2.27. The summed E-state index contributed by atoms with van der Waals surface area (Å²) in [6, 6.07) is 4.89. The molecule has 8 nitrogen and oxygen atoms in total. The van der Waals surface area contributed by atoms with Crippen LogP contribution in [-0.4, -0.2) is 75.6 Å². The van der Waals surface area contributed by atoms with E-state index in [1.165, 1.54) is 0 Å². The lowest BCUT2D eigenvalue weighted by molar-refractivity contribution is -0.131. The van der Waals surface area contributed by atoms with E-state index < -0.39 is 0 Å². The van der Waals surface area contributed by atoms with E-state index in [0.29, 0.717) is 25.1 Å². The molecular weight excluding hydrogens is 420 g/mol. The van der Waals surface area contributed by atoms with Gasteiger partial charge in [0.1, 0.15) is 11.7 Å². The number of likely N-dealkylation sites (N-methyl/N-ethyl adjacent to an activating group) is 1. The number of pyridine rings is 2. The zero-order valence-electron chi connectivity index (χ0n) is 19.5. The van der Waals surface area contributed by atoms with E-state index >= 15 is 0 Å². The van der Waals surface area contributed by atoms with Crippen LogP contribution in [0.25, 0.3) is 0 Å². The molecule has 1 aliphatic rings. The van der Waals surface area contributed by atoms with Gasteiger partial charge in [0.15, 0.2) is 0 Å². The minimum atomic E-state index is -0.381. The van der Waals surface area contributed by atoms with Gasteiger partial charge in [0.25, 0.3) is 5.91 Å². The molecule has 2 aromatic heterocycles. The van der Waals surface area contributed by atoms with Crippen LogP contribution in [0.4, 0.5) is 0 Å². The van der Waals surface area contributed by atoms with Crippen LogP contribution in [0.3, 0.4) is 0 Å². The third kappa shape index (κ3) is 5.88. The third-order valence-electron chi connectivity index (χ3n) is 5.73. The van der Waals surface area contributed by atoms with Crippen molar-refractivity contribution >= 4 is 11.8 Å². The van der Waals surface area contributed by atoms with Gasteiger partial charge in [-0.15, -0.1) is 0 Å². The molecule has 0 unspecified atom stereocenters. The maximum Gasteiger partial charge on any atom is 0.259 e. The molecular formula is C25H30N4O4.